The van der Waals surface area contributed by atoms with Gasteiger partial charge in [0.1, 0.15) is 10.8 Å². The highest BCUT2D eigenvalue weighted by atomic mass is 32.1. The Labute approximate surface area is 112 Å². The van der Waals surface area contributed by atoms with Gasteiger partial charge in [0.25, 0.3) is 0 Å². The van der Waals surface area contributed by atoms with E-state index in [2.05, 4.69) is 5.32 Å². The van der Waals surface area contributed by atoms with Crippen LogP contribution in [0.1, 0.15) is 31.2 Å². The average Bonchev–Trinajstić information content (AvgIpc) is 3.17. The lowest BCUT2D eigenvalue weighted by molar-refractivity contribution is 0.466. The number of hydrogen-bond donors (Lipinski definition) is 2. The molecule has 0 heterocycles. The largest absolute Gasteiger partial charge is 0.389 e. The molecule has 2 fully saturated rings. The van der Waals surface area contributed by atoms with Crippen molar-refractivity contribution < 1.29 is 4.39 Å². The van der Waals surface area contributed by atoms with Gasteiger partial charge in [-0.1, -0.05) is 18.3 Å². The molecule has 0 radical (unpaired) electrons. The third kappa shape index (κ3) is 2.09. The van der Waals surface area contributed by atoms with Crippen molar-refractivity contribution in [1.82, 2.24) is 0 Å². The van der Waals surface area contributed by atoms with Gasteiger partial charge in [-0.25, -0.2) is 4.39 Å². The van der Waals surface area contributed by atoms with E-state index in [0.717, 1.165) is 18.2 Å². The smallest absolute Gasteiger partial charge is 0.135 e. The van der Waals surface area contributed by atoms with Crippen LogP contribution in [0.5, 0.6) is 0 Å². The molecular weight excluding hydrogens is 247 g/mol. The second-order valence-corrected chi connectivity index (χ2v) is 5.96. The van der Waals surface area contributed by atoms with Gasteiger partial charge in [-0.05, 0) is 49.1 Å². The van der Waals surface area contributed by atoms with Crippen molar-refractivity contribution in [3.63, 3.8) is 0 Å². The molecule has 2 saturated carbocycles. The van der Waals surface area contributed by atoms with E-state index in [1.54, 1.807) is 6.07 Å². The third-order valence-corrected chi connectivity index (χ3v) is 4.43. The SMILES string of the molecule is NC(=S)c1c(F)cccc1NCC1(C2CC2)CC1. The monoisotopic (exact) mass is 264 g/mol. The zero-order valence-corrected chi connectivity index (χ0v) is 11.0. The highest BCUT2D eigenvalue weighted by Crippen LogP contribution is 2.61. The molecule has 96 valence electrons. The van der Waals surface area contributed by atoms with E-state index in [4.69, 9.17) is 18.0 Å². The summed E-state index contributed by atoms with van der Waals surface area (Å²) in [5.41, 5.74) is 7.14. The number of benzene rings is 1. The summed E-state index contributed by atoms with van der Waals surface area (Å²) in [5.74, 6) is 0.538. The minimum Gasteiger partial charge on any atom is -0.389 e. The number of hydrogen-bond acceptors (Lipinski definition) is 2. The van der Waals surface area contributed by atoms with Crippen LogP contribution in [0.3, 0.4) is 0 Å². The van der Waals surface area contributed by atoms with Crippen LogP contribution >= 0.6 is 12.2 Å². The van der Waals surface area contributed by atoms with E-state index < -0.39 is 0 Å². The van der Waals surface area contributed by atoms with Gasteiger partial charge in [-0.2, -0.15) is 0 Å². The second-order valence-electron chi connectivity index (χ2n) is 5.52. The zero-order chi connectivity index (χ0) is 12.8. The van der Waals surface area contributed by atoms with Gasteiger partial charge in [0, 0.05) is 12.2 Å². The minimum atomic E-state index is -0.344. The lowest BCUT2D eigenvalue weighted by Crippen LogP contribution is -2.21. The van der Waals surface area contributed by atoms with Crippen molar-refractivity contribution in [2.24, 2.45) is 17.1 Å². The Bertz CT molecular complexity index is 493. The molecule has 4 heteroatoms. The Kier molecular flexibility index (Phi) is 2.77. The van der Waals surface area contributed by atoms with Crippen LogP contribution in [0.2, 0.25) is 0 Å². The van der Waals surface area contributed by atoms with E-state index in [0.29, 0.717) is 11.0 Å². The van der Waals surface area contributed by atoms with Gasteiger partial charge < -0.3 is 11.1 Å². The number of rotatable bonds is 5. The molecule has 1 aromatic carbocycles. The van der Waals surface area contributed by atoms with E-state index in [-0.39, 0.29) is 10.8 Å². The van der Waals surface area contributed by atoms with Gasteiger partial charge in [-0.3, -0.25) is 0 Å². The standard InChI is InChI=1S/C14H17FN2S/c15-10-2-1-3-11(12(10)13(16)18)17-8-14(6-7-14)9-4-5-9/h1-3,9,17H,4-8H2,(H2,16,18). The van der Waals surface area contributed by atoms with Crippen molar-refractivity contribution in [3.05, 3.63) is 29.6 Å². The molecule has 0 bridgehead atoms. The lowest BCUT2D eigenvalue weighted by atomic mass is 10.0. The van der Waals surface area contributed by atoms with Crippen molar-refractivity contribution in [2.75, 3.05) is 11.9 Å². The van der Waals surface area contributed by atoms with E-state index >= 15 is 0 Å². The van der Waals surface area contributed by atoms with Crippen LogP contribution in [-0.4, -0.2) is 11.5 Å². The zero-order valence-electron chi connectivity index (χ0n) is 10.2. The normalized spacial score (nSPS) is 20.5. The van der Waals surface area contributed by atoms with Gasteiger partial charge in [0.2, 0.25) is 0 Å². The molecular formula is C14H17FN2S. The molecule has 18 heavy (non-hydrogen) atoms. The quantitative estimate of drug-likeness (QED) is 0.803. The maximum Gasteiger partial charge on any atom is 0.135 e. The van der Waals surface area contributed by atoms with Crippen molar-refractivity contribution in [1.29, 1.82) is 0 Å². The molecule has 0 saturated heterocycles. The van der Waals surface area contributed by atoms with Crippen molar-refractivity contribution in [3.8, 4) is 0 Å². The fourth-order valence-corrected chi connectivity index (χ4v) is 2.99. The van der Waals surface area contributed by atoms with Crippen LogP contribution in [0.4, 0.5) is 10.1 Å². The van der Waals surface area contributed by atoms with Gasteiger partial charge in [0.05, 0.1) is 5.56 Å². The number of nitrogens with two attached hydrogens (primary N) is 1. The van der Waals surface area contributed by atoms with Crippen LogP contribution in [-0.2, 0) is 0 Å². The maximum absolute atomic E-state index is 13.7. The van der Waals surface area contributed by atoms with Crippen LogP contribution in [0.15, 0.2) is 18.2 Å². The van der Waals surface area contributed by atoms with Gasteiger partial charge >= 0.3 is 0 Å². The molecule has 0 aromatic heterocycles. The highest BCUT2D eigenvalue weighted by Gasteiger charge is 2.53. The van der Waals surface area contributed by atoms with E-state index in [1.165, 1.54) is 31.7 Å². The fraction of sp³-hybridized carbons (Fsp3) is 0.500. The number of nitrogens with one attached hydrogen (secondary N) is 1. The van der Waals surface area contributed by atoms with Crippen LogP contribution in [0.25, 0.3) is 0 Å². The summed E-state index contributed by atoms with van der Waals surface area (Å²) in [6.07, 6.45) is 5.30. The predicted octanol–water partition coefficient (Wildman–Crippen LogP) is 3.06. The summed E-state index contributed by atoms with van der Waals surface area (Å²) in [5, 5.41) is 3.35. The molecule has 2 aliphatic carbocycles. The van der Waals surface area contributed by atoms with Crippen molar-refractivity contribution >= 4 is 22.9 Å². The summed E-state index contributed by atoms with van der Waals surface area (Å²) in [4.78, 5) is 0.117. The summed E-state index contributed by atoms with van der Waals surface area (Å²) in [6.45, 7) is 0.913. The number of anilines is 1. The Morgan fingerprint density at radius 1 is 1.44 bits per heavy atom. The van der Waals surface area contributed by atoms with Gasteiger partial charge in [0.15, 0.2) is 0 Å². The number of halogens is 1. The van der Waals surface area contributed by atoms with E-state index in [9.17, 15) is 4.39 Å². The number of thiocarbonyl (C=S) groups is 1. The first-order valence-corrected chi connectivity index (χ1v) is 6.85. The fourth-order valence-electron chi connectivity index (χ4n) is 2.78. The topological polar surface area (TPSA) is 38.0 Å². The maximum atomic E-state index is 13.7. The molecule has 0 aliphatic heterocycles. The first-order valence-electron chi connectivity index (χ1n) is 6.45. The van der Waals surface area contributed by atoms with Crippen LogP contribution in [0, 0.1) is 17.2 Å². The molecule has 0 amide bonds. The summed E-state index contributed by atoms with van der Waals surface area (Å²) in [6, 6.07) is 4.93. The Hall–Kier alpha value is -1.16. The second kappa shape index (κ2) is 4.19. The Morgan fingerprint density at radius 2 is 2.17 bits per heavy atom. The van der Waals surface area contributed by atoms with Crippen LogP contribution < -0.4 is 11.1 Å². The molecule has 2 aliphatic rings. The summed E-state index contributed by atoms with van der Waals surface area (Å²) in [7, 11) is 0. The summed E-state index contributed by atoms with van der Waals surface area (Å²) < 4.78 is 13.7. The molecule has 3 N–H and O–H groups in total. The molecule has 2 nitrogen and oxygen atoms in total. The molecule has 0 spiro atoms. The molecule has 1 aromatic rings. The van der Waals surface area contributed by atoms with Crippen molar-refractivity contribution in [2.45, 2.75) is 25.7 Å². The van der Waals surface area contributed by atoms with Gasteiger partial charge in [-0.15, -0.1) is 0 Å². The minimum absolute atomic E-state index is 0.117. The lowest BCUT2D eigenvalue weighted by Gasteiger charge is -2.18. The molecule has 0 unspecified atom stereocenters. The molecule has 0 atom stereocenters. The summed E-state index contributed by atoms with van der Waals surface area (Å²) >= 11 is 4.92. The highest BCUT2D eigenvalue weighted by molar-refractivity contribution is 7.80. The first kappa shape index (κ1) is 11.9. The predicted molar refractivity (Wildman–Crippen MR) is 75.2 cm³/mol. The average molecular weight is 264 g/mol. The Morgan fingerprint density at radius 3 is 2.72 bits per heavy atom. The molecule has 3 rings (SSSR count). The first-order chi connectivity index (χ1) is 8.62. The third-order valence-electron chi connectivity index (χ3n) is 4.23. The Balaban J connectivity index is 1.76. The van der Waals surface area contributed by atoms with E-state index in [1.807, 2.05) is 6.07 Å².